The van der Waals surface area contributed by atoms with Crippen molar-refractivity contribution in [2.75, 3.05) is 11.9 Å². The van der Waals surface area contributed by atoms with Gasteiger partial charge in [-0.25, -0.2) is 4.68 Å². The number of rotatable bonds is 4. The van der Waals surface area contributed by atoms with Crippen molar-refractivity contribution in [1.82, 2.24) is 20.2 Å². The topological polar surface area (TPSA) is 92.9 Å². The summed E-state index contributed by atoms with van der Waals surface area (Å²) in [7, 11) is 1.74. The Morgan fingerprint density at radius 1 is 1.62 bits per heavy atom. The van der Waals surface area contributed by atoms with Crippen LogP contribution in [0.25, 0.3) is 0 Å². The van der Waals surface area contributed by atoms with Crippen molar-refractivity contribution in [3.8, 4) is 0 Å². The molecule has 2 unspecified atom stereocenters. The highest BCUT2D eigenvalue weighted by molar-refractivity contribution is 5.70. The van der Waals surface area contributed by atoms with Crippen LogP contribution in [0.3, 0.4) is 0 Å². The molecule has 0 aliphatic heterocycles. The predicted octanol–water partition coefficient (Wildman–Crippen LogP) is 0.123. The van der Waals surface area contributed by atoms with Crippen LogP contribution >= 0.6 is 0 Å². The van der Waals surface area contributed by atoms with Crippen molar-refractivity contribution in [1.29, 1.82) is 0 Å². The number of carbonyl (C=O) groups is 1. The van der Waals surface area contributed by atoms with Gasteiger partial charge in [-0.05, 0) is 29.2 Å². The molecule has 1 heterocycles. The molecule has 1 fully saturated rings. The second-order valence-electron chi connectivity index (χ2n) is 4.14. The van der Waals surface area contributed by atoms with E-state index in [-0.39, 0.29) is 11.8 Å². The number of anilines is 1. The third-order valence-electron chi connectivity index (χ3n) is 3.12. The SMILES string of the molecule is Cn1nnnc1NCC1CCCC1C(=O)O. The van der Waals surface area contributed by atoms with Crippen LogP contribution in [0.15, 0.2) is 0 Å². The van der Waals surface area contributed by atoms with Gasteiger partial charge in [0.25, 0.3) is 0 Å². The summed E-state index contributed by atoms with van der Waals surface area (Å²) in [6.07, 6.45) is 2.72. The highest BCUT2D eigenvalue weighted by Crippen LogP contribution is 2.31. The fourth-order valence-electron chi connectivity index (χ4n) is 2.21. The van der Waals surface area contributed by atoms with E-state index in [1.807, 2.05) is 0 Å². The summed E-state index contributed by atoms with van der Waals surface area (Å²) >= 11 is 0. The van der Waals surface area contributed by atoms with Crippen LogP contribution < -0.4 is 5.32 Å². The summed E-state index contributed by atoms with van der Waals surface area (Å²) in [4.78, 5) is 11.0. The van der Waals surface area contributed by atoms with Gasteiger partial charge in [-0.3, -0.25) is 4.79 Å². The Morgan fingerprint density at radius 3 is 3.06 bits per heavy atom. The van der Waals surface area contributed by atoms with Gasteiger partial charge < -0.3 is 10.4 Å². The van der Waals surface area contributed by atoms with Crippen LogP contribution in [0.5, 0.6) is 0 Å². The molecule has 0 aromatic carbocycles. The number of aromatic nitrogens is 4. The number of hydrogen-bond donors (Lipinski definition) is 2. The van der Waals surface area contributed by atoms with E-state index in [2.05, 4.69) is 20.8 Å². The molecule has 1 aliphatic carbocycles. The van der Waals surface area contributed by atoms with Gasteiger partial charge >= 0.3 is 5.97 Å². The second kappa shape index (κ2) is 4.46. The molecule has 2 rings (SSSR count). The molecule has 0 bridgehead atoms. The number of tetrazole rings is 1. The van der Waals surface area contributed by atoms with Crippen molar-refractivity contribution >= 4 is 11.9 Å². The highest BCUT2D eigenvalue weighted by Gasteiger charge is 2.32. The number of carboxylic acid groups (broad SMARTS) is 1. The first-order chi connectivity index (χ1) is 7.68. The normalized spacial score (nSPS) is 24.6. The first-order valence-corrected chi connectivity index (χ1v) is 5.37. The minimum atomic E-state index is -0.694. The first-order valence-electron chi connectivity index (χ1n) is 5.37. The zero-order valence-electron chi connectivity index (χ0n) is 9.13. The fraction of sp³-hybridized carbons (Fsp3) is 0.778. The maximum atomic E-state index is 11.0. The smallest absolute Gasteiger partial charge is 0.306 e. The zero-order chi connectivity index (χ0) is 11.5. The van der Waals surface area contributed by atoms with E-state index in [4.69, 9.17) is 5.11 Å². The largest absolute Gasteiger partial charge is 0.481 e. The summed E-state index contributed by atoms with van der Waals surface area (Å²) in [6.45, 7) is 0.616. The molecule has 1 saturated carbocycles. The van der Waals surface area contributed by atoms with Gasteiger partial charge in [0.05, 0.1) is 5.92 Å². The lowest BCUT2D eigenvalue weighted by molar-refractivity contribution is -0.142. The maximum Gasteiger partial charge on any atom is 0.306 e. The molecule has 1 aliphatic rings. The summed E-state index contributed by atoms with van der Waals surface area (Å²) in [5, 5.41) is 23.1. The van der Waals surface area contributed by atoms with Gasteiger partial charge in [0.2, 0.25) is 5.95 Å². The molecule has 7 nitrogen and oxygen atoms in total. The van der Waals surface area contributed by atoms with E-state index in [0.717, 1.165) is 19.3 Å². The summed E-state index contributed by atoms with van der Waals surface area (Å²) in [5.74, 6) is -0.167. The molecule has 7 heteroatoms. The van der Waals surface area contributed by atoms with E-state index in [1.165, 1.54) is 4.68 Å². The van der Waals surface area contributed by atoms with Crippen LogP contribution in [-0.4, -0.2) is 37.8 Å². The third-order valence-corrected chi connectivity index (χ3v) is 3.12. The molecule has 1 aromatic rings. The number of aliphatic carboxylic acids is 1. The van der Waals surface area contributed by atoms with Crippen molar-refractivity contribution in [2.45, 2.75) is 19.3 Å². The Balaban J connectivity index is 1.90. The molecule has 16 heavy (non-hydrogen) atoms. The van der Waals surface area contributed by atoms with Crippen LogP contribution in [0.4, 0.5) is 5.95 Å². The van der Waals surface area contributed by atoms with Crippen molar-refractivity contribution < 1.29 is 9.90 Å². The van der Waals surface area contributed by atoms with Gasteiger partial charge in [0.1, 0.15) is 0 Å². The second-order valence-corrected chi connectivity index (χ2v) is 4.14. The lowest BCUT2D eigenvalue weighted by Gasteiger charge is -2.15. The van der Waals surface area contributed by atoms with Crippen LogP contribution in [-0.2, 0) is 11.8 Å². The molecule has 88 valence electrons. The molecule has 0 radical (unpaired) electrons. The minimum absolute atomic E-state index is 0.175. The number of nitrogens with one attached hydrogen (secondary N) is 1. The molecule has 1 aromatic heterocycles. The van der Waals surface area contributed by atoms with Crippen molar-refractivity contribution in [2.24, 2.45) is 18.9 Å². The molecule has 2 N–H and O–H groups in total. The lowest BCUT2D eigenvalue weighted by Crippen LogP contribution is -2.25. The maximum absolute atomic E-state index is 11.0. The van der Waals surface area contributed by atoms with Crippen molar-refractivity contribution in [3.63, 3.8) is 0 Å². The summed E-state index contributed by atoms with van der Waals surface area (Å²) in [6, 6.07) is 0. The molecule has 0 spiro atoms. The van der Waals surface area contributed by atoms with Crippen LogP contribution in [0.2, 0.25) is 0 Å². The summed E-state index contributed by atoms with van der Waals surface area (Å²) in [5.41, 5.74) is 0. The van der Waals surface area contributed by atoms with Crippen LogP contribution in [0.1, 0.15) is 19.3 Å². The van der Waals surface area contributed by atoms with Gasteiger partial charge in [-0.15, -0.1) is 0 Å². The monoisotopic (exact) mass is 225 g/mol. The Morgan fingerprint density at radius 2 is 2.44 bits per heavy atom. The zero-order valence-corrected chi connectivity index (χ0v) is 9.13. The van der Waals surface area contributed by atoms with Gasteiger partial charge in [-0.1, -0.05) is 11.5 Å². The van der Waals surface area contributed by atoms with E-state index in [9.17, 15) is 4.79 Å². The Bertz CT molecular complexity index is 378. The van der Waals surface area contributed by atoms with E-state index in [0.29, 0.717) is 12.5 Å². The highest BCUT2D eigenvalue weighted by atomic mass is 16.4. The van der Waals surface area contributed by atoms with Gasteiger partial charge in [0, 0.05) is 13.6 Å². The molecule has 0 saturated heterocycles. The fourth-order valence-corrected chi connectivity index (χ4v) is 2.21. The number of aryl methyl sites for hydroxylation is 1. The quantitative estimate of drug-likeness (QED) is 0.756. The lowest BCUT2D eigenvalue weighted by atomic mass is 9.96. The van der Waals surface area contributed by atoms with E-state index in [1.54, 1.807) is 7.05 Å². The van der Waals surface area contributed by atoms with Gasteiger partial charge in [0.15, 0.2) is 0 Å². The van der Waals surface area contributed by atoms with Crippen LogP contribution in [0, 0.1) is 11.8 Å². The molecular weight excluding hydrogens is 210 g/mol. The Kier molecular flexibility index (Phi) is 3.02. The van der Waals surface area contributed by atoms with Gasteiger partial charge in [-0.2, -0.15) is 0 Å². The standard InChI is InChI=1S/C9H15N5O2/c1-14-9(11-12-13-14)10-5-6-3-2-4-7(6)8(15)16/h6-7H,2-5H2,1H3,(H,15,16)(H,10,11,13). The molecule has 2 atom stereocenters. The molecule has 0 amide bonds. The number of carboxylic acids is 1. The average Bonchev–Trinajstić information content (AvgIpc) is 2.83. The first kappa shape index (κ1) is 10.8. The Hall–Kier alpha value is -1.66. The van der Waals surface area contributed by atoms with Crippen molar-refractivity contribution in [3.05, 3.63) is 0 Å². The third kappa shape index (κ3) is 2.12. The summed E-state index contributed by atoms with van der Waals surface area (Å²) < 4.78 is 1.53. The Labute approximate surface area is 92.8 Å². The number of nitrogens with zero attached hydrogens (tertiary/aromatic N) is 4. The minimum Gasteiger partial charge on any atom is -0.481 e. The number of hydrogen-bond acceptors (Lipinski definition) is 5. The molecular formula is C9H15N5O2. The van der Waals surface area contributed by atoms with E-state index >= 15 is 0 Å². The predicted molar refractivity (Wildman–Crippen MR) is 55.8 cm³/mol. The van der Waals surface area contributed by atoms with E-state index < -0.39 is 5.97 Å². The average molecular weight is 225 g/mol.